The predicted molar refractivity (Wildman–Crippen MR) is 97.7 cm³/mol. The van der Waals surface area contributed by atoms with Gasteiger partial charge in [0.2, 0.25) is 5.75 Å². The first-order valence-corrected chi connectivity index (χ1v) is 7.98. The number of benzene rings is 2. The van der Waals surface area contributed by atoms with Crippen molar-refractivity contribution in [2.45, 2.75) is 12.8 Å². The zero-order valence-electron chi connectivity index (χ0n) is 14.3. The van der Waals surface area contributed by atoms with E-state index in [1.54, 1.807) is 24.3 Å². The molecule has 2 rings (SSSR count). The number of methoxy groups -OCH3 is 3. The summed E-state index contributed by atoms with van der Waals surface area (Å²) in [6.45, 7) is 0. The Hall–Kier alpha value is -2.47. The Morgan fingerprint density at radius 3 is 2.20 bits per heavy atom. The summed E-state index contributed by atoms with van der Waals surface area (Å²) in [6, 6.07) is 9.36. The van der Waals surface area contributed by atoms with E-state index in [-0.39, 0.29) is 18.0 Å². The molecule has 0 aliphatic heterocycles. The minimum Gasteiger partial charge on any atom is -0.493 e. The van der Waals surface area contributed by atoms with Gasteiger partial charge in [0.15, 0.2) is 17.3 Å². The first-order valence-electron chi connectivity index (χ1n) is 7.57. The van der Waals surface area contributed by atoms with E-state index < -0.39 is 0 Å². The van der Waals surface area contributed by atoms with Gasteiger partial charge in [-0.05, 0) is 29.8 Å². The van der Waals surface area contributed by atoms with E-state index in [1.807, 2.05) is 0 Å². The van der Waals surface area contributed by atoms with E-state index >= 15 is 0 Å². The Kier molecular flexibility index (Phi) is 6.47. The monoisotopic (exact) mass is 362 g/mol. The Morgan fingerprint density at radius 2 is 1.68 bits per heavy atom. The maximum Gasteiger partial charge on any atom is 0.203 e. The Morgan fingerprint density at radius 1 is 1.04 bits per heavy atom. The number of rotatable bonds is 8. The normalized spacial score (nSPS) is 10.2. The fraction of sp³-hybridized carbons (Fsp3) is 0.263. The van der Waals surface area contributed by atoms with Crippen molar-refractivity contribution in [3.8, 4) is 17.2 Å². The molecular formula is C19H19FO4S. The van der Waals surface area contributed by atoms with Gasteiger partial charge in [-0.3, -0.25) is 4.79 Å². The highest BCUT2D eigenvalue weighted by molar-refractivity contribution is 7.80. The number of halogens is 1. The maximum atomic E-state index is 13.2. The zero-order valence-corrected chi connectivity index (χ0v) is 15.1. The molecule has 0 bridgehead atoms. The lowest BCUT2D eigenvalue weighted by atomic mass is 10.0. The average molecular weight is 362 g/mol. The molecule has 0 N–H and O–H groups in total. The van der Waals surface area contributed by atoms with E-state index in [0.717, 1.165) is 5.56 Å². The van der Waals surface area contributed by atoms with Crippen LogP contribution in [0, 0.1) is 5.82 Å². The molecule has 0 atom stereocenters. The highest BCUT2D eigenvalue weighted by Crippen LogP contribution is 2.38. The van der Waals surface area contributed by atoms with Gasteiger partial charge in [-0.25, -0.2) is 4.39 Å². The topological polar surface area (TPSA) is 44.8 Å². The van der Waals surface area contributed by atoms with Crippen LogP contribution in [0.15, 0.2) is 36.4 Å². The fourth-order valence-electron chi connectivity index (χ4n) is 2.46. The highest BCUT2D eigenvalue weighted by Gasteiger charge is 2.18. The first-order chi connectivity index (χ1) is 12.0. The van der Waals surface area contributed by atoms with E-state index in [0.29, 0.717) is 34.1 Å². The molecule has 2 aromatic carbocycles. The van der Waals surface area contributed by atoms with Crippen LogP contribution in [0.3, 0.4) is 0 Å². The average Bonchev–Trinajstić information content (AvgIpc) is 2.60. The van der Waals surface area contributed by atoms with Gasteiger partial charge >= 0.3 is 0 Å². The fourth-order valence-corrected chi connectivity index (χ4v) is 2.76. The predicted octanol–water partition coefficient (Wildman–Crippen LogP) is 4.04. The summed E-state index contributed by atoms with van der Waals surface area (Å²) in [5.74, 6) is 0.739. The van der Waals surface area contributed by atoms with Crippen molar-refractivity contribution >= 4 is 22.9 Å². The maximum absolute atomic E-state index is 13.2. The molecule has 0 unspecified atom stereocenters. The number of hydrogen-bond acceptors (Lipinski definition) is 5. The zero-order chi connectivity index (χ0) is 18.4. The SMILES string of the molecule is COc1cc(C(=O)CC(=S)Cc2cccc(F)c2)cc(OC)c1OC. The van der Waals surface area contributed by atoms with Gasteiger partial charge in [0, 0.05) is 23.3 Å². The number of carbonyl (C=O) groups is 1. The second-order valence-electron chi connectivity index (χ2n) is 5.36. The lowest BCUT2D eigenvalue weighted by molar-refractivity contribution is 0.1000. The van der Waals surface area contributed by atoms with Crippen LogP contribution in [0.2, 0.25) is 0 Å². The summed E-state index contributed by atoms with van der Waals surface area (Å²) in [5, 5.41) is 0. The molecule has 0 saturated carbocycles. The molecular weight excluding hydrogens is 343 g/mol. The van der Waals surface area contributed by atoms with Crippen molar-refractivity contribution < 1.29 is 23.4 Å². The molecule has 2 aromatic rings. The summed E-state index contributed by atoms with van der Waals surface area (Å²) in [5.41, 5.74) is 1.15. The van der Waals surface area contributed by atoms with Gasteiger partial charge in [-0.15, -0.1) is 0 Å². The number of Topliss-reactive ketones (excluding diaryl/α,β-unsaturated/α-hetero) is 1. The van der Waals surface area contributed by atoms with Gasteiger partial charge in [0.05, 0.1) is 21.3 Å². The van der Waals surface area contributed by atoms with Crippen molar-refractivity contribution in [3.05, 3.63) is 53.3 Å². The van der Waals surface area contributed by atoms with E-state index in [2.05, 4.69) is 0 Å². The molecule has 0 amide bonds. The lowest BCUT2D eigenvalue weighted by Gasteiger charge is -2.13. The van der Waals surface area contributed by atoms with Crippen LogP contribution in [-0.2, 0) is 6.42 Å². The molecule has 0 aliphatic carbocycles. The van der Waals surface area contributed by atoms with Crippen LogP contribution < -0.4 is 14.2 Å². The van der Waals surface area contributed by atoms with E-state index in [4.69, 9.17) is 26.4 Å². The van der Waals surface area contributed by atoms with Crippen LogP contribution in [0.5, 0.6) is 17.2 Å². The number of carbonyl (C=O) groups excluding carboxylic acids is 1. The standard InChI is InChI=1S/C19H19FO4S/c1-22-17-9-13(10-18(23-2)19(17)24-3)16(21)11-15(25)8-12-5-4-6-14(20)7-12/h4-7,9-10H,8,11H2,1-3H3. The van der Waals surface area contributed by atoms with Crippen LogP contribution >= 0.6 is 12.2 Å². The highest BCUT2D eigenvalue weighted by atomic mass is 32.1. The molecule has 6 heteroatoms. The largest absolute Gasteiger partial charge is 0.493 e. The minimum absolute atomic E-state index is 0.0739. The second kappa shape index (κ2) is 8.58. The molecule has 0 aromatic heterocycles. The summed E-state index contributed by atoms with van der Waals surface area (Å²) in [7, 11) is 4.47. The Labute approximate surface area is 151 Å². The van der Waals surface area contributed by atoms with Crippen molar-refractivity contribution in [1.82, 2.24) is 0 Å². The molecule has 0 radical (unpaired) electrons. The van der Waals surface area contributed by atoms with Crippen LogP contribution in [0.1, 0.15) is 22.3 Å². The van der Waals surface area contributed by atoms with Crippen molar-refractivity contribution in [3.63, 3.8) is 0 Å². The summed E-state index contributed by atoms with van der Waals surface area (Å²) in [6.07, 6.45) is 0.438. The summed E-state index contributed by atoms with van der Waals surface area (Å²) < 4.78 is 29.0. The molecule has 0 saturated heterocycles. The molecule has 0 fully saturated rings. The molecule has 0 spiro atoms. The van der Waals surface area contributed by atoms with Gasteiger partial charge in [-0.1, -0.05) is 24.4 Å². The van der Waals surface area contributed by atoms with E-state index in [1.165, 1.54) is 33.5 Å². The molecule has 0 aliphatic rings. The summed E-state index contributed by atoms with van der Waals surface area (Å²) >= 11 is 5.30. The Bertz CT molecular complexity index is 764. The second-order valence-corrected chi connectivity index (χ2v) is 5.94. The summed E-state index contributed by atoms with van der Waals surface area (Å²) in [4.78, 5) is 13.1. The van der Waals surface area contributed by atoms with E-state index in [9.17, 15) is 9.18 Å². The van der Waals surface area contributed by atoms with Gasteiger partial charge < -0.3 is 14.2 Å². The van der Waals surface area contributed by atoms with Crippen LogP contribution in [0.25, 0.3) is 0 Å². The minimum atomic E-state index is -0.323. The third-order valence-corrected chi connectivity index (χ3v) is 3.92. The van der Waals surface area contributed by atoms with Crippen molar-refractivity contribution in [1.29, 1.82) is 0 Å². The first kappa shape index (κ1) is 18.9. The van der Waals surface area contributed by atoms with Crippen molar-refractivity contribution in [2.75, 3.05) is 21.3 Å². The van der Waals surface area contributed by atoms with Gasteiger partial charge in [-0.2, -0.15) is 0 Å². The smallest absolute Gasteiger partial charge is 0.203 e. The van der Waals surface area contributed by atoms with Crippen LogP contribution in [-0.4, -0.2) is 32.0 Å². The number of ketones is 1. The number of ether oxygens (including phenoxy) is 3. The molecule has 4 nitrogen and oxygen atoms in total. The third-order valence-electron chi connectivity index (χ3n) is 3.63. The van der Waals surface area contributed by atoms with Crippen molar-refractivity contribution in [2.24, 2.45) is 0 Å². The van der Waals surface area contributed by atoms with Gasteiger partial charge in [0.1, 0.15) is 5.82 Å². The lowest BCUT2D eigenvalue weighted by Crippen LogP contribution is -2.10. The quantitative estimate of drug-likeness (QED) is 0.524. The molecule has 25 heavy (non-hydrogen) atoms. The van der Waals surface area contributed by atoms with Gasteiger partial charge in [0.25, 0.3) is 0 Å². The molecule has 0 heterocycles. The number of hydrogen-bond donors (Lipinski definition) is 0. The molecule has 132 valence electrons. The number of thiocarbonyl (C=S) groups is 1. The Balaban J connectivity index is 2.16. The third kappa shape index (κ3) is 4.76. The van der Waals surface area contributed by atoms with Crippen LogP contribution in [0.4, 0.5) is 4.39 Å².